The van der Waals surface area contributed by atoms with Gasteiger partial charge in [0.25, 0.3) is 0 Å². The minimum atomic E-state index is 0.703. The Labute approximate surface area is 127 Å². The molecule has 0 aliphatic carbocycles. The standard InChI is InChI=1S/C16H28N2OS/c1-14(12-18-8-4-3-5-9-18)10-17-11-15-6-7-16(19-15)13-20-2/h6-7,14,17H,3-5,8-13H2,1-2H3. The van der Waals surface area contributed by atoms with Gasteiger partial charge in [-0.05, 0) is 56.8 Å². The topological polar surface area (TPSA) is 28.4 Å². The molecule has 0 spiro atoms. The molecule has 1 fully saturated rings. The van der Waals surface area contributed by atoms with Gasteiger partial charge in [-0.15, -0.1) is 0 Å². The van der Waals surface area contributed by atoms with Crippen molar-refractivity contribution in [3.63, 3.8) is 0 Å². The molecule has 4 heteroatoms. The third-order valence-electron chi connectivity index (χ3n) is 3.81. The zero-order chi connectivity index (χ0) is 14.2. The SMILES string of the molecule is CSCc1ccc(CNCC(C)CN2CCCCC2)o1. The molecule has 1 aliphatic heterocycles. The average Bonchev–Trinajstić information content (AvgIpc) is 2.88. The summed E-state index contributed by atoms with van der Waals surface area (Å²) in [6, 6.07) is 4.18. The monoisotopic (exact) mass is 296 g/mol. The molecule has 2 rings (SSSR count). The highest BCUT2D eigenvalue weighted by molar-refractivity contribution is 7.97. The molecule has 0 radical (unpaired) electrons. The molecular weight excluding hydrogens is 268 g/mol. The predicted octanol–water partition coefficient (Wildman–Crippen LogP) is 3.35. The fraction of sp³-hybridized carbons (Fsp3) is 0.750. The first kappa shape index (κ1) is 15.9. The fourth-order valence-corrected chi connectivity index (χ4v) is 3.27. The number of thioether (sulfide) groups is 1. The first-order chi connectivity index (χ1) is 9.78. The number of nitrogens with one attached hydrogen (secondary N) is 1. The Balaban J connectivity index is 1.61. The maximum absolute atomic E-state index is 5.76. The number of nitrogens with zero attached hydrogens (tertiary/aromatic N) is 1. The van der Waals surface area contributed by atoms with Gasteiger partial charge in [-0.1, -0.05) is 13.3 Å². The van der Waals surface area contributed by atoms with Crippen LogP contribution in [0.5, 0.6) is 0 Å². The van der Waals surface area contributed by atoms with Crippen LogP contribution in [0.25, 0.3) is 0 Å². The summed E-state index contributed by atoms with van der Waals surface area (Å²) >= 11 is 1.80. The third kappa shape index (κ3) is 5.51. The first-order valence-electron chi connectivity index (χ1n) is 7.77. The summed E-state index contributed by atoms with van der Waals surface area (Å²) in [6.07, 6.45) is 6.28. The normalized spacial score (nSPS) is 18.3. The number of hydrogen-bond donors (Lipinski definition) is 1. The van der Waals surface area contributed by atoms with Crippen molar-refractivity contribution in [2.75, 3.05) is 32.4 Å². The lowest BCUT2D eigenvalue weighted by molar-refractivity contribution is 0.198. The summed E-state index contributed by atoms with van der Waals surface area (Å²) in [6.45, 7) is 8.06. The lowest BCUT2D eigenvalue weighted by Gasteiger charge is -2.29. The molecule has 1 aromatic rings. The summed E-state index contributed by atoms with van der Waals surface area (Å²) in [5.41, 5.74) is 0. The summed E-state index contributed by atoms with van der Waals surface area (Å²) < 4.78 is 5.76. The molecule has 3 nitrogen and oxygen atoms in total. The molecular formula is C16H28N2OS. The third-order valence-corrected chi connectivity index (χ3v) is 4.39. The van der Waals surface area contributed by atoms with Gasteiger partial charge in [-0.2, -0.15) is 11.8 Å². The molecule has 0 bridgehead atoms. The maximum atomic E-state index is 5.76. The van der Waals surface area contributed by atoms with Crippen molar-refractivity contribution in [2.24, 2.45) is 5.92 Å². The number of furan rings is 1. The quantitative estimate of drug-likeness (QED) is 0.796. The van der Waals surface area contributed by atoms with E-state index in [2.05, 4.69) is 35.5 Å². The van der Waals surface area contributed by atoms with E-state index in [1.165, 1.54) is 38.9 Å². The molecule has 20 heavy (non-hydrogen) atoms. The number of piperidine rings is 1. The molecule has 0 aromatic carbocycles. The molecule has 1 atom stereocenters. The molecule has 1 saturated heterocycles. The van der Waals surface area contributed by atoms with Crippen molar-refractivity contribution in [2.45, 2.75) is 38.5 Å². The van der Waals surface area contributed by atoms with Crippen LogP contribution in [0.15, 0.2) is 16.5 Å². The van der Waals surface area contributed by atoms with Gasteiger partial charge in [0.1, 0.15) is 11.5 Å². The molecule has 1 aliphatic rings. The number of hydrogen-bond acceptors (Lipinski definition) is 4. The van der Waals surface area contributed by atoms with Crippen molar-refractivity contribution in [1.82, 2.24) is 10.2 Å². The Morgan fingerprint density at radius 1 is 1.25 bits per heavy atom. The van der Waals surface area contributed by atoms with E-state index < -0.39 is 0 Å². The zero-order valence-electron chi connectivity index (χ0n) is 12.9. The van der Waals surface area contributed by atoms with Crippen LogP contribution in [-0.4, -0.2) is 37.3 Å². The minimum Gasteiger partial charge on any atom is -0.464 e. The molecule has 1 unspecified atom stereocenters. The first-order valence-corrected chi connectivity index (χ1v) is 9.17. The van der Waals surface area contributed by atoms with Crippen molar-refractivity contribution < 1.29 is 4.42 Å². The Morgan fingerprint density at radius 3 is 2.75 bits per heavy atom. The second-order valence-corrected chi connectivity index (χ2v) is 6.76. The van der Waals surface area contributed by atoms with Gasteiger partial charge in [-0.25, -0.2) is 0 Å². The Kier molecular flexibility index (Phi) is 6.97. The summed E-state index contributed by atoms with van der Waals surface area (Å²) in [4.78, 5) is 2.61. The summed E-state index contributed by atoms with van der Waals surface area (Å²) in [7, 11) is 0. The van der Waals surface area contributed by atoms with E-state index in [1.54, 1.807) is 11.8 Å². The maximum Gasteiger partial charge on any atom is 0.117 e. The van der Waals surface area contributed by atoms with Gasteiger partial charge in [0.05, 0.1) is 12.3 Å². The fourth-order valence-electron chi connectivity index (χ4n) is 2.83. The van der Waals surface area contributed by atoms with Gasteiger partial charge in [0.2, 0.25) is 0 Å². The van der Waals surface area contributed by atoms with E-state index in [0.717, 1.165) is 30.4 Å². The second-order valence-electron chi connectivity index (χ2n) is 5.90. The van der Waals surface area contributed by atoms with Crippen LogP contribution in [0.4, 0.5) is 0 Å². The highest BCUT2D eigenvalue weighted by Crippen LogP contribution is 2.14. The van der Waals surface area contributed by atoms with Gasteiger partial charge < -0.3 is 14.6 Å². The van der Waals surface area contributed by atoms with Crippen LogP contribution in [0, 0.1) is 5.92 Å². The zero-order valence-corrected chi connectivity index (χ0v) is 13.7. The van der Waals surface area contributed by atoms with E-state index in [-0.39, 0.29) is 0 Å². The van der Waals surface area contributed by atoms with E-state index in [1.807, 2.05) is 0 Å². The van der Waals surface area contributed by atoms with Gasteiger partial charge >= 0.3 is 0 Å². The lowest BCUT2D eigenvalue weighted by atomic mass is 10.1. The number of rotatable bonds is 8. The molecule has 1 aromatic heterocycles. The Hall–Kier alpha value is -0.450. The molecule has 0 amide bonds. The summed E-state index contributed by atoms with van der Waals surface area (Å²) in [5, 5.41) is 3.52. The van der Waals surface area contributed by atoms with Gasteiger partial charge in [0, 0.05) is 6.54 Å². The minimum absolute atomic E-state index is 0.703. The van der Waals surface area contributed by atoms with Crippen molar-refractivity contribution in [3.05, 3.63) is 23.7 Å². The predicted molar refractivity (Wildman–Crippen MR) is 87.1 cm³/mol. The average molecular weight is 296 g/mol. The highest BCUT2D eigenvalue weighted by Gasteiger charge is 2.13. The number of likely N-dealkylation sites (tertiary alicyclic amines) is 1. The molecule has 0 saturated carbocycles. The van der Waals surface area contributed by atoms with Crippen LogP contribution in [-0.2, 0) is 12.3 Å². The highest BCUT2D eigenvalue weighted by atomic mass is 32.2. The van der Waals surface area contributed by atoms with Crippen LogP contribution >= 0.6 is 11.8 Å². The van der Waals surface area contributed by atoms with E-state index >= 15 is 0 Å². The van der Waals surface area contributed by atoms with Crippen molar-refractivity contribution >= 4 is 11.8 Å². The van der Waals surface area contributed by atoms with Gasteiger partial charge in [0.15, 0.2) is 0 Å². The largest absolute Gasteiger partial charge is 0.464 e. The van der Waals surface area contributed by atoms with Crippen LogP contribution in [0.2, 0.25) is 0 Å². The van der Waals surface area contributed by atoms with Crippen molar-refractivity contribution in [3.8, 4) is 0 Å². The smallest absolute Gasteiger partial charge is 0.117 e. The van der Waals surface area contributed by atoms with Crippen LogP contribution in [0.1, 0.15) is 37.7 Å². The lowest BCUT2D eigenvalue weighted by Crippen LogP contribution is -2.36. The molecule has 2 heterocycles. The molecule has 1 N–H and O–H groups in total. The summed E-state index contributed by atoms with van der Waals surface area (Å²) in [5.74, 6) is 3.80. The molecule has 114 valence electrons. The van der Waals surface area contributed by atoms with E-state index in [4.69, 9.17) is 4.42 Å². The second kappa shape index (κ2) is 8.75. The van der Waals surface area contributed by atoms with Crippen LogP contribution < -0.4 is 5.32 Å². The van der Waals surface area contributed by atoms with Crippen molar-refractivity contribution in [1.29, 1.82) is 0 Å². The Bertz CT molecular complexity index is 374. The van der Waals surface area contributed by atoms with E-state index in [0.29, 0.717) is 5.92 Å². The van der Waals surface area contributed by atoms with E-state index in [9.17, 15) is 0 Å². The van der Waals surface area contributed by atoms with Crippen LogP contribution in [0.3, 0.4) is 0 Å². The van der Waals surface area contributed by atoms with Gasteiger partial charge in [-0.3, -0.25) is 0 Å². The Morgan fingerprint density at radius 2 is 2.00 bits per heavy atom.